The molecule has 0 radical (unpaired) electrons. The van der Waals surface area contributed by atoms with Gasteiger partial charge in [0.05, 0.1) is 0 Å². The largest absolute Gasteiger partial charge is 0.480 e. The normalized spacial score (nSPS) is 21.7. The minimum Gasteiger partial charge on any atom is -0.480 e. The van der Waals surface area contributed by atoms with Crippen molar-refractivity contribution < 1.29 is 24.6 Å². The van der Waals surface area contributed by atoms with Crippen molar-refractivity contribution in [3.8, 4) is 0 Å². The third-order valence-corrected chi connectivity index (χ3v) is 3.72. The molecule has 1 aromatic carbocycles. The van der Waals surface area contributed by atoms with Crippen LogP contribution < -0.4 is 0 Å². The monoisotopic (exact) mass is 286 g/mol. The number of benzene rings is 1. The number of carboxylic acid groups (broad SMARTS) is 2. The molecule has 5 nitrogen and oxygen atoms in total. The molecule has 0 amide bonds. The molecular formula is C16H14O5. The van der Waals surface area contributed by atoms with E-state index in [1.165, 1.54) is 6.08 Å². The number of carboxylic acids is 2. The van der Waals surface area contributed by atoms with Crippen LogP contribution in [-0.2, 0) is 19.8 Å². The van der Waals surface area contributed by atoms with Gasteiger partial charge in [0, 0.05) is 17.6 Å². The maximum atomic E-state index is 11.8. The Morgan fingerprint density at radius 1 is 1.19 bits per heavy atom. The summed E-state index contributed by atoms with van der Waals surface area (Å²) in [6.07, 6.45) is 1.67. The zero-order chi connectivity index (χ0) is 15.6. The molecule has 0 bridgehead atoms. The van der Waals surface area contributed by atoms with Crippen LogP contribution in [-0.4, -0.2) is 28.4 Å². The van der Waals surface area contributed by atoms with E-state index in [4.69, 9.17) is 0 Å². The van der Waals surface area contributed by atoms with Gasteiger partial charge in [0.2, 0.25) is 0 Å². The van der Waals surface area contributed by atoms with Gasteiger partial charge >= 0.3 is 11.9 Å². The summed E-state index contributed by atoms with van der Waals surface area (Å²) in [4.78, 5) is 34.3. The van der Waals surface area contributed by atoms with Crippen LogP contribution in [0.4, 0.5) is 0 Å². The Morgan fingerprint density at radius 3 is 2.29 bits per heavy atom. The third kappa shape index (κ3) is 2.38. The standard InChI is InChI=1S/C16H14O5/c1-10-7-16(15(20)21,11-5-3-2-4-6-11)8-12(14(18)19)13(10)9-17/h2-7,9H,8H2,1H3,(H,18,19)(H,20,21). The number of aldehydes is 1. The molecule has 0 saturated carbocycles. The molecule has 5 heteroatoms. The molecule has 1 aliphatic carbocycles. The molecule has 0 heterocycles. The number of aliphatic carboxylic acids is 2. The molecule has 1 atom stereocenters. The van der Waals surface area contributed by atoms with E-state index in [2.05, 4.69) is 0 Å². The zero-order valence-electron chi connectivity index (χ0n) is 11.4. The van der Waals surface area contributed by atoms with Gasteiger partial charge in [0.25, 0.3) is 0 Å². The predicted molar refractivity (Wildman–Crippen MR) is 74.9 cm³/mol. The average Bonchev–Trinajstić information content (AvgIpc) is 2.46. The fourth-order valence-corrected chi connectivity index (χ4v) is 2.65. The van der Waals surface area contributed by atoms with Crippen LogP contribution in [0.5, 0.6) is 0 Å². The first-order chi connectivity index (χ1) is 9.92. The van der Waals surface area contributed by atoms with Gasteiger partial charge in [-0.15, -0.1) is 0 Å². The fraction of sp³-hybridized carbons (Fsp3) is 0.188. The molecule has 2 N–H and O–H groups in total. The van der Waals surface area contributed by atoms with Crippen LogP contribution >= 0.6 is 0 Å². The van der Waals surface area contributed by atoms with Gasteiger partial charge < -0.3 is 10.2 Å². The first-order valence-electron chi connectivity index (χ1n) is 6.32. The third-order valence-electron chi connectivity index (χ3n) is 3.72. The molecule has 108 valence electrons. The Balaban J connectivity index is 2.68. The lowest BCUT2D eigenvalue weighted by Gasteiger charge is -2.31. The molecule has 0 aromatic heterocycles. The highest BCUT2D eigenvalue weighted by atomic mass is 16.4. The molecule has 1 unspecified atom stereocenters. The highest BCUT2D eigenvalue weighted by Crippen LogP contribution is 2.40. The average molecular weight is 286 g/mol. The van der Waals surface area contributed by atoms with Gasteiger partial charge in [0.1, 0.15) is 5.41 Å². The first-order valence-corrected chi connectivity index (χ1v) is 6.32. The Morgan fingerprint density at radius 2 is 1.81 bits per heavy atom. The van der Waals surface area contributed by atoms with E-state index < -0.39 is 17.4 Å². The molecule has 0 fully saturated rings. The van der Waals surface area contributed by atoms with Crippen molar-refractivity contribution in [3.63, 3.8) is 0 Å². The van der Waals surface area contributed by atoms with E-state index in [1.807, 2.05) is 0 Å². The molecule has 2 rings (SSSR count). The van der Waals surface area contributed by atoms with Gasteiger partial charge in [-0.25, -0.2) is 4.79 Å². The Kier molecular flexibility index (Phi) is 3.76. The van der Waals surface area contributed by atoms with E-state index in [0.717, 1.165) is 0 Å². The SMILES string of the molecule is CC1=CC(C(=O)O)(c2ccccc2)CC(C(=O)O)=C1C=O. The van der Waals surface area contributed by atoms with E-state index >= 15 is 0 Å². The second-order valence-corrected chi connectivity index (χ2v) is 4.96. The molecule has 1 aromatic rings. The van der Waals surface area contributed by atoms with Gasteiger partial charge in [0.15, 0.2) is 6.29 Å². The van der Waals surface area contributed by atoms with Gasteiger partial charge in [-0.3, -0.25) is 9.59 Å². The molecule has 0 saturated heterocycles. The van der Waals surface area contributed by atoms with Gasteiger partial charge in [-0.05, 0) is 18.1 Å². The van der Waals surface area contributed by atoms with Crippen LogP contribution in [0, 0.1) is 0 Å². The maximum absolute atomic E-state index is 11.8. The van der Waals surface area contributed by atoms with E-state index in [0.29, 0.717) is 17.4 Å². The van der Waals surface area contributed by atoms with E-state index in [1.54, 1.807) is 37.3 Å². The maximum Gasteiger partial charge on any atom is 0.332 e. The Hall–Kier alpha value is -2.69. The van der Waals surface area contributed by atoms with Crippen molar-refractivity contribution in [1.29, 1.82) is 0 Å². The van der Waals surface area contributed by atoms with Gasteiger partial charge in [-0.2, -0.15) is 0 Å². The Labute approximate surface area is 121 Å². The van der Waals surface area contributed by atoms with Crippen molar-refractivity contribution in [2.45, 2.75) is 18.8 Å². The quantitative estimate of drug-likeness (QED) is 0.825. The van der Waals surface area contributed by atoms with E-state index in [9.17, 15) is 24.6 Å². The molecular weight excluding hydrogens is 272 g/mol. The predicted octanol–water partition coefficient (Wildman–Crippen LogP) is 1.94. The van der Waals surface area contributed by atoms with Crippen LogP contribution in [0.15, 0.2) is 53.1 Å². The summed E-state index contributed by atoms with van der Waals surface area (Å²) in [5.74, 6) is -2.41. The number of rotatable bonds is 4. The lowest BCUT2D eigenvalue weighted by Crippen LogP contribution is -2.38. The molecule has 21 heavy (non-hydrogen) atoms. The Bertz CT molecular complexity index is 669. The van der Waals surface area contributed by atoms with Crippen molar-refractivity contribution in [2.24, 2.45) is 0 Å². The minimum atomic E-state index is -1.47. The van der Waals surface area contributed by atoms with E-state index in [-0.39, 0.29) is 17.6 Å². The zero-order valence-corrected chi connectivity index (χ0v) is 11.4. The topological polar surface area (TPSA) is 91.7 Å². The summed E-state index contributed by atoms with van der Waals surface area (Å²) >= 11 is 0. The van der Waals surface area contributed by atoms with Crippen LogP contribution in [0.1, 0.15) is 18.9 Å². The minimum absolute atomic E-state index is 0.0512. The van der Waals surface area contributed by atoms with Crippen molar-refractivity contribution in [3.05, 3.63) is 58.7 Å². The number of carbonyl (C=O) groups is 3. The summed E-state index contributed by atoms with van der Waals surface area (Å²) in [5, 5.41) is 19.0. The summed E-state index contributed by atoms with van der Waals surface area (Å²) < 4.78 is 0. The second-order valence-electron chi connectivity index (χ2n) is 4.96. The summed E-state index contributed by atoms with van der Waals surface area (Å²) in [6.45, 7) is 1.55. The number of hydrogen-bond acceptors (Lipinski definition) is 3. The highest BCUT2D eigenvalue weighted by molar-refractivity contribution is 6.00. The highest BCUT2D eigenvalue weighted by Gasteiger charge is 2.43. The lowest BCUT2D eigenvalue weighted by atomic mass is 9.69. The van der Waals surface area contributed by atoms with Gasteiger partial charge in [-0.1, -0.05) is 36.4 Å². The number of allylic oxidation sites excluding steroid dienone is 2. The van der Waals surface area contributed by atoms with Crippen LogP contribution in [0.2, 0.25) is 0 Å². The number of hydrogen-bond donors (Lipinski definition) is 2. The summed E-state index contributed by atoms with van der Waals surface area (Å²) in [7, 11) is 0. The van der Waals surface area contributed by atoms with Crippen molar-refractivity contribution in [1.82, 2.24) is 0 Å². The smallest absolute Gasteiger partial charge is 0.332 e. The number of carbonyl (C=O) groups excluding carboxylic acids is 1. The van der Waals surface area contributed by atoms with Crippen LogP contribution in [0.25, 0.3) is 0 Å². The lowest BCUT2D eigenvalue weighted by molar-refractivity contribution is -0.142. The van der Waals surface area contributed by atoms with Crippen LogP contribution in [0.3, 0.4) is 0 Å². The molecule has 1 aliphatic rings. The van der Waals surface area contributed by atoms with Crippen molar-refractivity contribution >= 4 is 18.2 Å². The molecule has 0 spiro atoms. The summed E-state index contributed by atoms with van der Waals surface area (Å²) in [6, 6.07) is 8.43. The fourth-order valence-electron chi connectivity index (χ4n) is 2.65. The van der Waals surface area contributed by atoms with Crippen molar-refractivity contribution in [2.75, 3.05) is 0 Å². The second kappa shape index (κ2) is 5.36. The molecule has 0 aliphatic heterocycles. The summed E-state index contributed by atoms with van der Waals surface area (Å²) in [5.41, 5.74) is -0.738. The first kappa shape index (κ1) is 14.7.